The molecule has 0 aromatic heterocycles. The minimum absolute atomic E-state index is 0.0538. The Bertz CT molecular complexity index is 711. The van der Waals surface area contributed by atoms with Crippen LogP contribution in [-0.4, -0.2) is 5.91 Å². The largest absolute Gasteiger partial charge is 0.416 e. The van der Waals surface area contributed by atoms with E-state index in [9.17, 15) is 18.0 Å². The first-order valence-corrected chi connectivity index (χ1v) is 8.08. The molecule has 0 aliphatic heterocycles. The van der Waals surface area contributed by atoms with Crippen molar-refractivity contribution in [2.75, 3.05) is 0 Å². The summed E-state index contributed by atoms with van der Waals surface area (Å²) in [7, 11) is 0. The van der Waals surface area contributed by atoms with Gasteiger partial charge in [-0.3, -0.25) is 4.79 Å². The van der Waals surface area contributed by atoms with Crippen LogP contribution in [-0.2, 0) is 29.4 Å². The van der Waals surface area contributed by atoms with E-state index in [1.165, 1.54) is 17.7 Å². The van der Waals surface area contributed by atoms with Crippen molar-refractivity contribution in [2.24, 2.45) is 0 Å². The van der Waals surface area contributed by atoms with Gasteiger partial charge in [0, 0.05) is 6.54 Å². The standard InChI is InChI=1S/C20H22F3NO/c1-19(2,3)16-8-6-15(7-9-16)13-24-18(25)12-14-4-10-17(11-5-14)20(21,22)23/h4-11H,12-13H2,1-3H3,(H,24,25). The number of carbonyl (C=O) groups is 1. The summed E-state index contributed by atoms with van der Waals surface area (Å²) < 4.78 is 37.5. The quantitative estimate of drug-likeness (QED) is 0.839. The maximum atomic E-state index is 12.5. The van der Waals surface area contributed by atoms with E-state index in [4.69, 9.17) is 0 Å². The molecule has 2 aromatic rings. The molecule has 0 radical (unpaired) electrons. The Morgan fingerprint density at radius 1 is 0.840 bits per heavy atom. The molecule has 0 spiro atoms. The van der Waals surface area contributed by atoms with Crippen LogP contribution in [0, 0.1) is 0 Å². The molecule has 25 heavy (non-hydrogen) atoms. The van der Waals surface area contributed by atoms with Crippen LogP contribution >= 0.6 is 0 Å². The number of benzene rings is 2. The van der Waals surface area contributed by atoms with Crippen LogP contribution in [0.4, 0.5) is 13.2 Å². The predicted octanol–water partition coefficient (Wildman–Crippen LogP) is 4.86. The zero-order valence-corrected chi connectivity index (χ0v) is 14.6. The third-order valence-corrected chi connectivity index (χ3v) is 3.96. The van der Waals surface area contributed by atoms with Crippen LogP contribution in [0.15, 0.2) is 48.5 Å². The minimum atomic E-state index is -4.36. The molecule has 5 heteroatoms. The lowest BCUT2D eigenvalue weighted by Crippen LogP contribution is -2.24. The number of halogens is 3. The van der Waals surface area contributed by atoms with Crippen LogP contribution in [0.2, 0.25) is 0 Å². The Morgan fingerprint density at radius 3 is 1.80 bits per heavy atom. The lowest BCUT2D eigenvalue weighted by Gasteiger charge is -2.19. The molecule has 0 fully saturated rings. The van der Waals surface area contributed by atoms with Gasteiger partial charge in [-0.05, 0) is 34.2 Å². The van der Waals surface area contributed by atoms with Gasteiger partial charge in [-0.25, -0.2) is 0 Å². The average Bonchev–Trinajstić information content (AvgIpc) is 2.52. The van der Waals surface area contributed by atoms with Crippen molar-refractivity contribution in [2.45, 2.75) is 45.3 Å². The molecule has 0 saturated heterocycles. The van der Waals surface area contributed by atoms with Crippen molar-refractivity contribution in [3.8, 4) is 0 Å². The number of amides is 1. The summed E-state index contributed by atoms with van der Waals surface area (Å²) in [6.45, 7) is 6.79. The number of hydrogen-bond donors (Lipinski definition) is 1. The number of hydrogen-bond acceptors (Lipinski definition) is 1. The van der Waals surface area contributed by atoms with Crippen LogP contribution in [0.5, 0.6) is 0 Å². The van der Waals surface area contributed by atoms with Gasteiger partial charge in [0.05, 0.1) is 12.0 Å². The number of rotatable bonds is 4. The molecule has 0 heterocycles. The molecule has 1 N–H and O–H groups in total. The average molecular weight is 349 g/mol. The Balaban J connectivity index is 1.88. The SMILES string of the molecule is CC(C)(C)c1ccc(CNC(=O)Cc2ccc(C(F)(F)F)cc2)cc1. The third-order valence-electron chi connectivity index (χ3n) is 3.96. The summed E-state index contributed by atoms with van der Waals surface area (Å²) in [6, 6.07) is 12.7. The van der Waals surface area contributed by atoms with E-state index in [1.807, 2.05) is 24.3 Å². The zero-order chi connectivity index (χ0) is 18.7. The second-order valence-corrected chi connectivity index (χ2v) is 7.10. The Hall–Kier alpha value is -2.30. The number of alkyl halides is 3. The molecular weight excluding hydrogens is 327 g/mol. The van der Waals surface area contributed by atoms with Crippen molar-refractivity contribution < 1.29 is 18.0 Å². The first-order chi connectivity index (χ1) is 11.6. The lowest BCUT2D eigenvalue weighted by molar-refractivity contribution is -0.137. The highest BCUT2D eigenvalue weighted by atomic mass is 19.4. The summed E-state index contributed by atoms with van der Waals surface area (Å²) >= 11 is 0. The highest BCUT2D eigenvalue weighted by Gasteiger charge is 2.29. The minimum Gasteiger partial charge on any atom is -0.352 e. The fraction of sp³-hybridized carbons (Fsp3) is 0.350. The van der Waals surface area contributed by atoms with E-state index in [1.54, 1.807) is 0 Å². The summed E-state index contributed by atoms with van der Waals surface area (Å²) in [5.74, 6) is -0.223. The zero-order valence-electron chi connectivity index (χ0n) is 14.6. The second-order valence-electron chi connectivity index (χ2n) is 7.10. The van der Waals surface area contributed by atoms with Crippen molar-refractivity contribution >= 4 is 5.91 Å². The molecule has 0 aliphatic rings. The normalized spacial score (nSPS) is 12.1. The second kappa shape index (κ2) is 7.30. The predicted molar refractivity (Wildman–Crippen MR) is 92.1 cm³/mol. The molecule has 2 rings (SSSR count). The Kier molecular flexibility index (Phi) is 5.55. The van der Waals surface area contributed by atoms with E-state index in [2.05, 4.69) is 26.1 Å². The first kappa shape index (κ1) is 19.0. The van der Waals surface area contributed by atoms with Crippen LogP contribution in [0.25, 0.3) is 0 Å². The van der Waals surface area contributed by atoms with Gasteiger partial charge in [-0.15, -0.1) is 0 Å². The van der Waals surface area contributed by atoms with Gasteiger partial charge in [-0.2, -0.15) is 13.2 Å². The van der Waals surface area contributed by atoms with Gasteiger partial charge in [0.25, 0.3) is 0 Å². The van der Waals surface area contributed by atoms with Crippen LogP contribution < -0.4 is 5.32 Å². The molecule has 0 saturated carbocycles. The number of carbonyl (C=O) groups excluding carboxylic acids is 1. The van der Waals surface area contributed by atoms with Crippen molar-refractivity contribution in [1.29, 1.82) is 0 Å². The summed E-state index contributed by atoms with van der Waals surface area (Å²) in [5.41, 5.74) is 2.11. The van der Waals surface area contributed by atoms with Crippen LogP contribution in [0.3, 0.4) is 0 Å². The molecule has 0 atom stereocenters. The van der Waals surface area contributed by atoms with Gasteiger partial charge in [0.2, 0.25) is 5.91 Å². The van der Waals surface area contributed by atoms with E-state index in [0.717, 1.165) is 17.7 Å². The fourth-order valence-corrected chi connectivity index (χ4v) is 2.38. The van der Waals surface area contributed by atoms with Gasteiger partial charge < -0.3 is 5.32 Å². The van der Waals surface area contributed by atoms with Crippen molar-refractivity contribution in [1.82, 2.24) is 5.32 Å². The third kappa shape index (κ3) is 5.62. The monoisotopic (exact) mass is 349 g/mol. The van der Waals surface area contributed by atoms with E-state index in [-0.39, 0.29) is 17.7 Å². The van der Waals surface area contributed by atoms with Gasteiger partial charge in [0.15, 0.2) is 0 Å². The maximum absolute atomic E-state index is 12.5. The van der Waals surface area contributed by atoms with E-state index >= 15 is 0 Å². The number of nitrogens with one attached hydrogen (secondary N) is 1. The van der Waals surface area contributed by atoms with Gasteiger partial charge >= 0.3 is 6.18 Å². The summed E-state index contributed by atoms with van der Waals surface area (Å²) in [6.07, 6.45) is -4.31. The van der Waals surface area contributed by atoms with Crippen molar-refractivity contribution in [3.05, 3.63) is 70.8 Å². The molecule has 2 aromatic carbocycles. The maximum Gasteiger partial charge on any atom is 0.416 e. The highest BCUT2D eigenvalue weighted by molar-refractivity contribution is 5.78. The van der Waals surface area contributed by atoms with Gasteiger partial charge in [0.1, 0.15) is 0 Å². The molecule has 0 bridgehead atoms. The topological polar surface area (TPSA) is 29.1 Å². The van der Waals surface area contributed by atoms with Crippen molar-refractivity contribution in [3.63, 3.8) is 0 Å². The van der Waals surface area contributed by atoms with Gasteiger partial charge in [-0.1, -0.05) is 57.2 Å². The molecular formula is C20H22F3NO. The fourth-order valence-electron chi connectivity index (χ4n) is 2.38. The Labute approximate surface area is 146 Å². The first-order valence-electron chi connectivity index (χ1n) is 8.08. The molecule has 2 nitrogen and oxygen atoms in total. The highest BCUT2D eigenvalue weighted by Crippen LogP contribution is 2.29. The van der Waals surface area contributed by atoms with E-state index < -0.39 is 11.7 Å². The molecule has 0 aliphatic carbocycles. The molecule has 134 valence electrons. The smallest absolute Gasteiger partial charge is 0.352 e. The lowest BCUT2D eigenvalue weighted by atomic mass is 9.87. The molecule has 0 unspecified atom stereocenters. The summed E-state index contributed by atoms with van der Waals surface area (Å²) in [4.78, 5) is 12.0. The summed E-state index contributed by atoms with van der Waals surface area (Å²) in [5, 5.41) is 2.79. The van der Waals surface area contributed by atoms with Crippen LogP contribution in [0.1, 0.15) is 43.0 Å². The van der Waals surface area contributed by atoms with E-state index in [0.29, 0.717) is 12.1 Å². The Morgan fingerprint density at radius 2 is 1.32 bits per heavy atom. The molecule has 1 amide bonds.